The SMILES string of the molecule is O=C(Nc1cccc(C(F)(F)F)n1)Nc1ccnc2ccc(C3=CCNC3)cc12. The molecule has 1 aromatic carbocycles. The van der Waals surface area contributed by atoms with Crippen LogP contribution in [0.15, 0.2) is 54.7 Å². The van der Waals surface area contributed by atoms with E-state index in [1.54, 1.807) is 12.3 Å². The molecule has 2 aromatic heterocycles. The van der Waals surface area contributed by atoms with E-state index in [4.69, 9.17) is 0 Å². The molecule has 4 rings (SSSR count). The molecule has 0 unspecified atom stereocenters. The number of halogens is 3. The van der Waals surface area contributed by atoms with E-state index in [0.717, 1.165) is 35.7 Å². The molecule has 3 aromatic rings. The average molecular weight is 399 g/mol. The Labute approximate surface area is 163 Å². The first-order chi connectivity index (χ1) is 13.9. The van der Waals surface area contributed by atoms with Gasteiger partial charge in [0.15, 0.2) is 0 Å². The first-order valence-electron chi connectivity index (χ1n) is 8.81. The van der Waals surface area contributed by atoms with E-state index >= 15 is 0 Å². The van der Waals surface area contributed by atoms with Crippen molar-refractivity contribution in [3.63, 3.8) is 0 Å². The number of alkyl halides is 3. The van der Waals surface area contributed by atoms with E-state index in [2.05, 4.69) is 32.0 Å². The zero-order valence-corrected chi connectivity index (χ0v) is 15.0. The number of benzene rings is 1. The third-order valence-corrected chi connectivity index (χ3v) is 4.45. The molecule has 1 aliphatic heterocycles. The van der Waals surface area contributed by atoms with Crippen molar-refractivity contribution >= 4 is 34.0 Å². The van der Waals surface area contributed by atoms with Crippen molar-refractivity contribution in [1.29, 1.82) is 0 Å². The first kappa shape index (κ1) is 18.9. The quantitative estimate of drug-likeness (QED) is 0.614. The van der Waals surface area contributed by atoms with Crippen molar-refractivity contribution in [3.05, 3.63) is 66.0 Å². The normalized spacial score (nSPS) is 14.0. The molecule has 3 N–H and O–H groups in total. The van der Waals surface area contributed by atoms with Gasteiger partial charge >= 0.3 is 12.2 Å². The number of carbonyl (C=O) groups is 1. The second-order valence-electron chi connectivity index (χ2n) is 6.44. The van der Waals surface area contributed by atoms with Crippen LogP contribution in [0.1, 0.15) is 11.3 Å². The van der Waals surface area contributed by atoms with Crippen LogP contribution in [0.3, 0.4) is 0 Å². The lowest BCUT2D eigenvalue weighted by atomic mass is 10.0. The monoisotopic (exact) mass is 399 g/mol. The van der Waals surface area contributed by atoms with Crippen molar-refractivity contribution in [3.8, 4) is 0 Å². The summed E-state index contributed by atoms with van der Waals surface area (Å²) in [6, 6.07) is 10.0. The van der Waals surface area contributed by atoms with Gasteiger partial charge in [-0.25, -0.2) is 9.78 Å². The number of nitrogens with one attached hydrogen (secondary N) is 3. The fourth-order valence-corrected chi connectivity index (χ4v) is 3.08. The summed E-state index contributed by atoms with van der Waals surface area (Å²) < 4.78 is 38.4. The number of nitrogens with zero attached hydrogens (tertiary/aromatic N) is 2. The predicted molar refractivity (Wildman–Crippen MR) is 104 cm³/mol. The zero-order valence-electron chi connectivity index (χ0n) is 15.0. The summed E-state index contributed by atoms with van der Waals surface area (Å²) in [7, 11) is 0. The molecule has 6 nitrogen and oxygen atoms in total. The summed E-state index contributed by atoms with van der Waals surface area (Å²) in [6.45, 7) is 1.56. The van der Waals surface area contributed by atoms with Gasteiger partial charge in [0, 0.05) is 24.7 Å². The van der Waals surface area contributed by atoms with Gasteiger partial charge < -0.3 is 10.6 Å². The van der Waals surface area contributed by atoms with Crippen LogP contribution in [0, 0.1) is 0 Å². The largest absolute Gasteiger partial charge is 0.433 e. The maximum atomic E-state index is 12.8. The lowest BCUT2D eigenvalue weighted by molar-refractivity contribution is -0.141. The van der Waals surface area contributed by atoms with Crippen LogP contribution in [0.4, 0.5) is 29.5 Å². The molecule has 148 valence electrons. The molecule has 29 heavy (non-hydrogen) atoms. The number of fused-ring (bicyclic) bond motifs is 1. The molecular formula is C20H16F3N5O. The zero-order chi connectivity index (χ0) is 20.4. The number of amides is 2. The summed E-state index contributed by atoms with van der Waals surface area (Å²) >= 11 is 0. The molecule has 0 spiro atoms. The highest BCUT2D eigenvalue weighted by Crippen LogP contribution is 2.29. The van der Waals surface area contributed by atoms with Crippen molar-refractivity contribution in [1.82, 2.24) is 15.3 Å². The summed E-state index contributed by atoms with van der Waals surface area (Å²) in [5.74, 6) is -0.196. The number of hydrogen-bond acceptors (Lipinski definition) is 4. The molecule has 0 atom stereocenters. The maximum Gasteiger partial charge on any atom is 0.433 e. The minimum Gasteiger partial charge on any atom is -0.309 e. The van der Waals surface area contributed by atoms with Crippen molar-refractivity contribution in [2.75, 3.05) is 23.7 Å². The molecule has 9 heteroatoms. The van der Waals surface area contributed by atoms with Gasteiger partial charge in [0.1, 0.15) is 11.5 Å². The predicted octanol–water partition coefficient (Wildman–Crippen LogP) is 4.28. The number of urea groups is 1. The highest BCUT2D eigenvalue weighted by molar-refractivity contribution is 6.05. The Balaban J connectivity index is 1.57. The fraction of sp³-hybridized carbons (Fsp3) is 0.150. The standard InChI is InChI=1S/C20H16F3N5O/c21-20(22,23)17-2-1-3-18(27-17)28-19(29)26-16-7-9-25-15-5-4-12(10-14(15)16)13-6-8-24-11-13/h1-7,9-10,24H,8,11H2,(H2,25,26,27,28,29). The first-order valence-corrected chi connectivity index (χ1v) is 8.81. The van der Waals surface area contributed by atoms with Gasteiger partial charge in [0.25, 0.3) is 0 Å². The third-order valence-electron chi connectivity index (χ3n) is 4.45. The lowest BCUT2D eigenvalue weighted by Crippen LogP contribution is -2.21. The van der Waals surface area contributed by atoms with Crippen LogP contribution in [-0.2, 0) is 6.18 Å². The summed E-state index contributed by atoms with van der Waals surface area (Å²) in [4.78, 5) is 20.1. The lowest BCUT2D eigenvalue weighted by Gasteiger charge is -2.12. The average Bonchev–Trinajstić information content (AvgIpc) is 3.22. The van der Waals surface area contributed by atoms with E-state index in [9.17, 15) is 18.0 Å². The summed E-state index contributed by atoms with van der Waals surface area (Å²) in [6.07, 6.45) is -0.942. The van der Waals surface area contributed by atoms with Gasteiger partial charge in [-0.3, -0.25) is 10.3 Å². The molecule has 0 aliphatic carbocycles. The van der Waals surface area contributed by atoms with Crippen LogP contribution < -0.4 is 16.0 Å². The Hall–Kier alpha value is -3.46. The molecule has 3 heterocycles. The van der Waals surface area contributed by atoms with Crippen molar-refractivity contribution < 1.29 is 18.0 Å². The summed E-state index contributed by atoms with van der Waals surface area (Å²) in [5.41, 5.74) is 2.27. The van der Waals surface area contributed by atoms with Crippen LogP contribution in [-0.4, -0.2) is 29.1 Å². The Bertz CT molecular complexity index is 1110. The second kappa shape index (κ2) is 7.51. The van der Waals surface area contributed by atoms with Crippen LogP contribution in [0.2, 0.25) is 0 Å². The van der Waals surface area contributed by atoms with Gasteiger partial charge in [-0.05, 0) is 41.5 Å². The van der Waals surface area contributed by atoms with E-state index in [1.807, 2.05) is 18.2 Å². The maximum absolute atomic E-state index is 12.8. The van der Waals surface area contributed by atoms with Gasteiger partial charge in [-0.1, -0.05) is 18.2 Å². The number of aromatic nitrogens is 2. The Morgan fingerprint density at radius 2 is 1.97 bits per heavy atom. The Morgan fingerprint density at radius 1 is 1.10 bits per heavy atom. The van der Waals surface area contributed by atoms with Gasteiger partial charge in [-0.15, -0.1) is 0 Å². The molecule has 0 fully saturated rings. The third kappa shape index (κ3) is 4.19. The number of carbonyl (C=O) groups excluding carboxylic acids is 1. The topological polar surface area (TPSA) is 78.9 Å². The van der Waals surface area contributed by atoms with E-state index in [0.29, 0.717) is 11.2 Å². The minimum absolute atomic E-state index is 0.196. The van der Waals surface area contributed by atoms with E-state index in [-0.39, 0.29) is 5.82 Å². The van der Waals surface area contributed by atoms with Crippen LogP contribution in [0.5, 0.6) is 0 Å². The Morgan fingerprint density at radius 3 is 2.72 bits per heavy atom. The highest BCUT2D eigenvalue weighted by Gasteiger charge is 2.32. The van der Waals surface area contributed by atoms with Gasteiger partial charge in [0.05, 0.1) is 11.2 Å². The summed E-state index contributed by atoms with van der Waals surface area (Å²) in [5, 5.41) is 8.96. The fourth-order valence-electron chi connectivity index (χ4n) is 3.08. The molecule has 2 amide bonds. The number of pyridine rings is 2. The number of hydrogen-bond donors (Lipinski definition) is 3. The van der Waals surface area contributed by atoms with E-state index < -0.39 is 17.9 Å². The Kier molecular flexibility index (Phi) is 4.89. The number of rotatable bonds is 3. The molecule has 1 aliphatic rings. The minimum atomic E-state index is -4.59. The van der Waals surface area contributed by atoms with Crippen LogP contribution in [0.25, 0.3) is 16.5 Å². The molecular weight excluding hydrogens is 383 g/mol. The second-order valence-corrected chi connectivity index (χ2v) is 6.44. The smallest absolute Gasteiger partial charge is 0.309 e. The molecule has 0 radical (unpaired) electrons. The van der Waals surface area contributed by atoms with Gasteiger partial charge in [0.2, 0.25) is 0 Å². The van der Waals surface area contributed by atoms with Crippen LogP contribution >= 0.6 is 0 Å². The number of anilines is 2. The van der Waals surface area contributed by atoms with Gasteiger partial charge in [-0.2, -0.15) is 13.2 Å². The molecule has 0 saturated carbocycles. The molecule has 0 bridgehead atoms. The van der Waals surface area contributed by atoms with Crippen molar-refractivity contribution in [2.45, 2.75) is 6.18 Å². The molecule has 0 saturated heterocycles. The highest BCUT2D eigenvalue weighted by atomic mass is 19.4. The van der Waals surface area contributed by atoms with E-state index in [1.165, 1.54) is 12.1 Å². The van der Waals surface area contributed by atoms with Crippen molar-refractivity contribution in [2.24, 2.45) is 0 Å².